The molecule has 0 aromatic carbocycles. The van der Waals surface area contributed by atoms with Gasteiger partial charge in [0.1, 0.15) is 11.5 Å². The van der Waals surface area contributed by atoms with Crippen LogP contribution in [0, 0.1) is 0 Å². The average Bonchev–Trinajstić information content (AvgIpc) is 2.65. The Bertz CT molecular complexity index is 242. The summed E-state index contributed by atoms with van der Waals surface area (Å²) < 4.78 is 5.58. The average molecular weight is 195 g/mol. The third-order valence-corrected chi connectivity index (χ3v) is 2.32. The molecule has 0 spiro atoms. The molecule has 0 atom stereocenters. The van der Waals surface area contributed by atoms with E-state index < -0.39 is 0 Å². The van der Waals surface area contributed by atoms with Crippen molar-refractivity contribution < 1.29 is 4.42 Å². The molecule has 1 N–H and O–H groups in total. The van der Waals surface area contributed by atoms with E-state index in [1.54, 1.807) is 0 Å². The number of hydrogen-bond acceptors (Lipinski definition) is 2. The fourth-order valence-electron chi connectivity index (χ4n) is 1.42. The second kappa shape index (κ2) is 6.66. The van der Waals surface area contributed by atoms with Gasteiger partial charge in [-0.3, -0.25) is 0 Å². The van der Waals surface area contributed by atoms with E-state index in [9.17, 15) is 0 Å². The molecule has 1 aromatic rings. The van der Waals surface area contributed by atoms with E-state index in [0.717, 1.165) is 31.0 Å². The van der Waals surface area contributed by atoms with Crippen LogP contribution in [0.4, 0.5) is 0 Å². The summed E-state index contributed by atoms with van der Waals surface area (Å²) in [4.78, 5) is 0. The van der Waals surface area contributed by atoms with E-state index in [4.69, 9.17) is 4.42 Å². The molecular formula is C12H21NO. The maximum atomic E-state index is 5.58. The Kier molecular flexibility index (Phi) is 5.38. The van der Waals surface area contributed by atoms with Crippen LogP contribution < -0.4 is 5.32 Å². The Balaban J connectivity index is 2.12. The topological polar surface area (TPSA) is 25.2 Å². The van der Waals surface area contributed by atoms with E-state index in [1.807, 2.05) is 0 Å². The first-order valence-electron chi connectivity index (χ1n) is 5.65. The lowest BCUT2D eigenvalue weighted by Crippen LogP contribution is -2.13. The highest BCUT2D eigenvalue weighted by molar-refractivity contribution is 5.06. The van der Waals surface area contributed by atoms with Gasteiger partial charge >= 0.3 is 0 Å². The smallest absolute Gasteiger partial charge is 0.117 e. The minimum absolute atomic E-state index is 0.865. The Labute approximate surface area is 86.7 Å². The molecule has 2 heteroatoms. The second-order valence-electron chi connectivity index (χ2n) is 3.61. The monoisotopic (exact) mass is 195 g/mol. The molecule has 0 amide bonds. The molecule has 0 aliphatic carbocycles. The van der Waals surface area contributed by atoms with E-state index >= 15 is 0 Å². The molecule has 80 valence electrons. The largest absolute Gasteiger partial charge is 0.465 e. The Morgan fingerprint density at radius 3 is 2.57 bits per heavy atom. The van der Waals surface area contributed by atoms with Crippen molar-refractivity contribution in [1.82, 2.24) is 5.32 Å². The zero-order valence-corrected chi connectivity index (χ0v) is 9.31. The van der Waals surface area contributed by atoms with Gasteiger partial charge in [-0.05, 0) is 25.1 Å². The number of hydrogen-bond donors (Lipinski definition) is 1. The highest BCUT2D eigenvalue weighted by Gasteiger charge is 1.98. The number of unbranched alkanes of at least 4 members (excludes halogenated alkanes) is 2. The molecule has 1 aromatic heterocycles. The van der Waals surface area contributed by atoms with Gasteiger partial charge in [0.25, 0.3) is 0 Å². The number of nitrogens with one attached hydrogen (secondary N) is 1. The standard InChI is InChI=1S/C12H21NO/c1-3-5-6-9-13-10-12-8-7-11(4-2)14-12/h7-8,13H,3-6,9-10H2,1-2H3. The molecule has 0 saturated heterocycles. The third-order valence-electron chi connectivity index (χ3n) is 2.32. The van der Waals surface area contributed by atoms with Crippen LogP contribution in [0.25, 0.3) is 0 Å². The maximum Gasteiger partial charge on any atom is 0.117 e. The molecule has 2 nitrogen and oxygen atoms in total. The van der Waals surface area contributed by atoms with Crippen LogP contribution >= 0.6 is 0 Å². The molecule has 0 aliphatic heterocycles. The number of aryl methyl sites for hydroxylation is 1. The van der Waals surface area contributed by atoms with E-state index in [0.29, 0.717) is 0 Å². The van der Waals surface area contributed by atoms with Crippen molar-refractivity contribution in [3.63, 3.8) is 0 Å². The lowest BCUT2D eigenvalue weighted by atomic mass is 10.2. The maximum absolute atomic E-state index is 5.58. The summed E-state index contributed by atoms with van der Waals surface area (Å²) in [6, 6.07) is 4.12. The fraction of sp³-hybridized carbons (Fsp3) is 0.667. The predicted molar refractivity (Wildman–Crippen MR) is 59.3 cm³/mol. The number of furan rings is 1. The molecule has 1 rings (SSSR count). The van der Waals surface area contributed by atoms with Crippen LogP contribution in [0.2, 0.25) is 0 Å². The molecule has 14 heavy (non-hydrogen) atoms. The molecule has 0 unspecified atom stereocenters. The molecule has 0 fully saturated rings. The van der Waals surface area contributed by atoms with Gasteiger partial charge in [0.2, 0.25) is 0 Å². The summed E-state index contributed by atoms with van der Waals surface area (Å²) in [6.45, 7) is 6.29. The molecular weight excluding hydrogens is 174 g/mol. The zero-order valence-electron chi connectivity index (χ0n) is 9.31. The lowest BCUT2D eigenvalue weighted by Gasteiger charge is -2.01. The zero-order chi connectivity index (χ0) is 10.2. The van der Waals surface area contributed by atoms with Crippen molar-refractivity contribution >= 4 is 0 Å². The number of rotatable bonds is 7. The van der Waals surface area contributed by atoms with Gasteiger partial charge in [-0.1, -0.05) is 26.7 Å². The van der Waals surface area contributed by atoms with Crippen molar-refractivity contribution in [2.75, 3.05) is 6.54 Å². The van der Waals surface area contributed by atoms with Gasteiger partial charge in [0.15, 0.2) is 0 Å². The molecule has 1 heterocycles. The summed E-state index contributed by atoms with van der Waals surface area (Å²) in [5.41, 5.74) is 0. The predicted octanol–water partition coefficient (Wildman–Crippen LogP) is 3.12. The lowest BCUT2D eigenvalue weighted by molar-refractivity contribution is 0.448. The van der Waals surface area contributed by atoms with Crippen LogP contribution in [-0.4, -0.2) is 6.54 Å². The molecule has 0 aliphatic rings. The van der Waals surface area contributed by atoms with Gasteiger partial charge in [0, 0.05) is 6.42 Å². The molecule has 0 saturated carbocycles. The van der Waals surface area contributed by atoms with Crippen molar-refractivity contribution in [3.05, 3.63) is 23.7 Å². The normalized spacial score (nSPS) is 10.7. The fourth-order valence-corrected chi connectivity index (χ4v) is 1.42. The first-order chi connectivity index (χ1) is 6.86. The van der Waals surface area contributed by atoms with E-state index in [2.05, 4.69) is 31.3 Å². The van der Waals surface area contributed by atoms with Crippen LogP contribution in [0.1, 0.15) is 44.6 Å². The van der Waals surface area contributed by atoms with Crippen LogP contribution in [-0.2, 0) is 13.0 Å². The van der Waals surface area contributed by atoms with Crippen molar-refractivity contribution in [2.24, 2.45) is 0 Å². The van der Waals surface area contributed by atoms with E-state index in [1.165, 1.54) is 19.3 Å². The van der Waals surface area contributed by atoms with Crippen LogP contribution in [0.5, 0.6) is 0 Å². The van der Waals surface area contributed by atoms with Gasteiger partial charge < -0.3 is 9.73 Å². The highest BCUT2D eigenvalue weighted by atomic mass is 16.3. The third kappa shape index (κ3) is 3.97. The Morgan fingerprint density at radius 2 is 1.93 bits per heavy atom. The van der Waals surface area contributed by atoms with Crippen LogP contribution in [0.15, 0.2) is 16.5 Å². The SMILES string of the molecule is CCCCCNCc1ccc(CC)o1. The molecule has 0 bridgehead atoms. The van der Waals surface area contributed by atoms with Gasteiger partial charge in [-0.25, -0.2) is 0 Å². The first kappa shape index (κ1) is 11.3. The van der Waals surface area contributed by atoms with Gasteiger partial charge in [-0.2, -0.15) is 0 Å². The summed E-state index contributed by atoms with van der Waals surface area (Å²) in [6.07, 6.45) is 4.83. The summed E-state index contributed by atoms with van der Waals surface area (Å²) in [5.74, 6) is 2.13. The highest BCUT2D eigenvalue weighted by Crippen LogP contribution is 2.07. The van der Waals surface area contributed by atoms with Crippen LogP contribution in [0.3, 0.4) is 0 Å². The molecule has 0 radical (unpaired) electrons. The summed E-state index contributed by atoms with van der Waals surface area (Å²) in [7, 11) is 0. The quantitative estimate of drug-likeness (QED) is 0.676. The Morgan fingerprint density at radius 1 is 1.14 bits per heavy atom. The Hall–Kier alpha value is -0.760. The van der Waals surface area contributed by atoms with E-state index in [-0.39, 0.29) is 0 Å². The van der Waals surface area contributed by atoms with Crippen molar-refractivity contribution in [2.45, 2.75) is 46.1 Å². The summed E-state index contributed by atoms with van der Waals surface area (Å²) >= 11 is 0. The van der Waals surface area contributed by atoms with Gasteiger partial charge in [-0.15, -0.1) is 0 Å². The minimum Gasteiger partial charge on any atom is -0.465 e. The first-order valence-corrected chi connectivity index (χ1v) is 5.65. The minimum atomic E-state index is 0.865. The summed E-state index contributed by atoms with van der Waals surface area (Å²) in [5, 5.41) is 3.38. The van der Waals surface area contributed by atoms with Gasteiger partial charge in [0.05, 0.1) is 6.54 Å². The van der Waals surface area contributed by atoms with Crippen molar-refractivity contribution in [1.29, 1.82) is 0 Å². The second-order valence-corrected chi connectivity index (χ2v) is 3.61. The van der Waals surface area contributed by atoms with Crippen molar-refractivity contribution in [3.8, 4) is 0 Å².